The standard InChI is InChI=1S/C32H27F3N6O3S/c1-3-20-22(34)6-5-17-11-19(42)12-21(24(17)20)27-26(35)28-25(30(38-27)43-2)29(37-14-23-36-8-10-45-23)40-31(39-28)44-16-32-7-4-9-41(32)15-18(33)13-32/h1,5-6,8,10-12,18,42H,4,7,9,13-16H2,2H3,(H,37,39,40)/t18-,32+/m1/s1. The van der Waals surface area contributed by atoms with Crippen molar-refractivity contribution in [3.05, 3.63) is 58.0 Å². The number of rotatable bonds is 8. The maximum atomic E-state index is 16.8. The molecule has 45 heavy (non-hydrogen) atoms. The second-order valence-corrected chi connectivity index (χ2v) is 12.1. The number of terminal acetylenes is 1. The Bertz CT molecular complexity index is 1990. The van der Waals surface area contributed by atoms with E-state index in [1.54, 1.807) is 6.20 Å². The summed E-state index contributed by atoms with van der Waals surface area (Å²) >= 11 is 1.43. The molecule has 0 radical (unpaired) electrons. The number of thiazole rings is 1. The van der Waals surface area contributed by atoms with E-state index in [1.165, 1.54) is 42.7 Å². The van der Waals surface area contributed by atoms with Crippen molar-refractivity contribution in [1.29, 1.82) is 0 Å². The number of aromatic nitrogens is 4. The summed E-state index contributed by atoms with van der Waals surface area (Å²) in [6.07, 6.45) is 8.41. The average molecular weight is 633 g/mol. The van der Waals surface area contributed by atoms with Gasteiger partial charge in [0.1, 0.15) is 51.8 Å². The number of methoxy groups -OCH3 is 1. The predicted molar refractivity (Wildman–Crippen MR) is 164 cm³/mol. The summed E-state index contributed by atoms with van der Waals surface area (Å²) in [6.45, 7) is 1.52. The van der Waals surface area contributed by atoms with E-state index < -0.39 is 23.3 Å². The smallest absolute Gasteiger partial charge is 0.319 e. The first-order chi connectivity index (χ1) is 21.8. The van der Waals surface area contributed by atoms with E-state index in [0.717, 1.165) is 24.4 Å². The number of ether oxygens (including phenoxy) is 2. The van der Waals surface area contributed by atoms with Crippen LogP contribution >= 0.6 is 11.3 Å². The monoisotopic (exact) mass is 632 g/mol. The molecule has 2 aliphatic heterocycles. The maximum absolute atomic E-state index is 16.8. The van der Waals surface area contributed by atoms with Crippen molar-refractivity contribution in [2.24, 2.45) is 0 Å². The quantitative estimate of drug-likeness (QED) is 0.204. The molecule has 13 heteroatoms. The Morgan fingerprint density at radius 1 is 1.22 bits per heavy atom. The van der Waals surface area contributed by atoms with Crippen molar-refractivity contribution in [2.75, 3.05) is 32.1 Å². The number of halogens is 3. The molecule has 2 saturated heterocycles. The summed E-state index contributed by atoms with van der Waals surface area (Å²) in [5.74, 6) is 0.726. The molecule has 5 aromatic rings. The van der Waals surface area contributed by atoms with Gasteiger partial charge in [-0.1, -0.05) is 12.0 Å². The molecule has 2 aliphatic rings. The maximum Gasteiger partial charge on any atom is 0.319 e. The minimum Gasteiger partial charge on any atom is -0.508 e. The van der Waals surface area contributed by atoms with Crippen LogP contribution in [0.25, 0.3) is 32.9 Å². The zero-order valence-corrected chi connectivity index (χ0v) is 24.9. The highest BCUT2D eigenvalue weighted by atomic mass is 32.1. The molecular formula is C32H27F3N6O3S. The van der Waals surface area contributed by atoms with Crippen molar-refractivity contribution in [3.8, 4) is 41.2 Å². The number of benzene rings is 2. The number of hydrogen-bond acceptors (Lipinski definition) is 10. The molecule has 3 aromatic heterocycles. The number of hydrogen-bond donors (Lipinski definition) is 2. The number of nitrogens with zero attached hydrogens (tertiary/aromatic N) is 5. The normalized spacial score (nSPS) is 19.6. The third-order valence-corrected chi connectivity index (χ3v) is 9.28. The molecule has 2 fully saturated rings. The Labute approximate surface area is 260 Å². The molecule has 0 spiro atoms. The Morgan fingerprint density at radius 2 is 2.09 bits per heavy atom. The molecule has 7 rings (SSSR count). The third-order valence-electron chi connectivity index (χ3n) is 8.50. The van der Waals surface area contributed by atoms with Crippen LogP contribution in [0.15, 0.2) is 35.8 Å². The number of pyridine rings is 1. The molecule has 0 unspecified atom stereocenters. The van der Waals surface area contributed by atoms with Gasteiger partial charge in [-0.25, -0.2) is 23.1 Å². The number of aromatic hydroxyl groups is 1. The van der Waals surface area contributed by atoms with Gasteiger partial charge >= 0.3 is 6.01 Å². The van der Waals surface area contributed by atoms with Crippen LogP contribution in [-0.4, -0.2) is 68.5 Å². The molecule has 0 aliphatic carbocycles. The van der Waals surface area contributed by atoms with Gasteiger partial charge in [-0.3, -0.25) is 4.90 Å². The first kappa shape index (κ1) is 29.1. The Balaban J connectivity index is 1.40. The van der Waals surface area contributed by atoms with Crippen LogP contribution in [0.2, 0.25) is 0 Å². The second kappa shape index (κ2) is 11.4. The summed E-state index contributed by atoms with van der Waals surface area (Å²) in [6, 6.07) is 5.17. The van der Waals surface area contributed by atoms with Gasteiger partial charge in [0.15, 0.2) is 5.82 Å². The van der Waals surface area contributed by atoms with Gasteiger partial charge in [-0.05, 0) is 43.0 Å². The van der Waals surface area contributed by atoms with Gasteiger partial charge in [0, 0.05) is 35.5 Å². The van der Waals surface area contributed by atoms with Gasteiger partial charge in [-0.15, -0.1) is 17.8 Å². The van der Waals surface area contributed by atoms with E-state index in [9.17, 15) is 13.9 Å². The van der Waals surface area contributed by atoms with Crippen molar-refractivity contribution in [1.82, 2.24) is 24.8 Å². The fourth-order valence-electron chi connectivity index (χ4n) is 6.54. The van der Waals surface area contributed by atoms with Crippen LogP contribution in [0.1, 0.15) is 29.8 Å². The lowest BCUT2D eigenvalue weighted by Gasteiger charge is -2.30. The van der Waals surface area contributed by atoms with Crippen LogP contribution in [-0.2, 0) is 6.54 Å². The number of phenolic OH excluding ortho intramolecular Hbond substituents is 1. The summed E-state index contributed by atoms with van der Waals surface area (Å²) in [7, 11) is 1.37. The van der Waals surface area contributed by atoms with E-state index in [1.807, 2.05) is 5.38 Å². The highest BCUT2D eigenvalue weighted by Crippen LogP contribution is 2.43. The van der Waals surface area contributed by atoms with Crippen LogP contribution in [0, 0.1) is 24.0 Å². The average Bonchev–Trinajstić information content (AvgIpc) is 3.76. The first-order valence-electron chi connectivity index (χ1n) is 14.3. The van der Waals surface area contributed by atoms with Gasteiger partial charge in [0.05, 0.1) is 24.8 Å². The van der Waals surface area contributed by atoms with Crippen LogP contribution in [0.4, 0.5) is 19.0 Å². The van der Waals surface area contributed by atoms with Crippen LogP contribution in [0.5, 0.6) is 17.6 Å². The summed E-state index contributed by atoms with van der Waals surface area (Å²) < 4.78 is 57.7. The van der Waals surface area contributed by atoms with E-state index >= 15 is 4.39 Å². The fraction of sp³-hybridized carbons (Fsp3) is 0.312. The molecule has 9 nitrogen and oxygen atoms in total. The first-order valence-corrected chi connectivity index (χ1v) is 15.2. The number of phenols is 1. The highest BCUT2D eigenvalue weighted by molar-refractivity contribution is 7.09. The number of alkyl halides is 1. The molecule has 2 N–H and O–H groups in total. The molecular weight excluding hydrogens is 605 g/mol. The topological polar surface area (TPSA) is 106 Å². The molecule has 230 valence electrons. The highest BCUT2D eigenvalue weighted by Gasteiger charge is 2.49. The molecule has 0 bridgehead atoms. The second-order valence-electron chi connectivity index (χ2n) is 11.2. The van der Waals surface area contributed by atoms with Gasteiger partial charge < -0.3 is 19.9 Å². The molecule has 2 atom stereocenters. The summed E-state index contributed by atoms with van der Waals surface area (Å²) in [5.41, 5.74) is -0.997. The number of anilines is 1. The van der Waals surface area contributed by atoms with Gasteiger partial charge in [0.25, 0.3) is 0 Å². The number of fused-ring (bicyclic) bond motifs is 3. The third kappa shape index (κ3) is 5.04. The van der Waals surface area contributed by atoms with E-state index in [2.05, 4.69) is 36.1 Å². The number of nitrogens with one attached hydrogen (secondary N) is 1. The molecule has 2 aromatic carbocycles. The Morgan fingerprint density at radius 3 is 2.87 bits per heavy atom. The van der Waals surface area contributed by atoms with Crippen LogP contribution < -0.4 is 14.8 Å². The zero-order valence-electron chi connectivity index (χ0n) is 24.1. The SMILES string of the molecule is C#Cc1c(F)ccc2cc(O)cc(-c3nc(OC)c4c(NCc5nccs5)nc(OC[C@@]56CCCN5C[C@H](F)C6)nc4c3F)c12. The van der Waals surface area contributed by atoms with Crippen molar-refractivity contribution in [3.63, 3.8) is 0 Å². The van der Waals surface area contributed by atoms with Crippen molar-refractivity contribution in [2.45, 2.75) is 37.5 Å². The summed E-state index contributed by atoms with van der Waals surface area (Å²) in [4.78, 5) is 19.9. The Kier molecular flexibility index (Phi) is 7.33. The Hall–Kier alpha value is -4.67. The van der Waals surface area contributed by atoms with Crippen LogP contribution in [0.3, 0.4) is 0 Å². The van der Waals surface area contributed by atoms with E-state index in [0.29, 0.717) is 18.4 Å². The lowest BCUT2D eigenvalue weighted by molar-refractivity contribution is 0.107. The van der Waals surface area contributed by atoms with Gasteiger partial charge in [-0.2, -0.15) is 9.97 Å². The van der Waals surface area contributed by atoms with Crippen molar-refractivity contribution >= 4 is 38.8 Å². The molecule has 0 saturated carbocycles. The fourth-order valence-corrected chi connectivity index (χ4v) is 7.09. The van der Waals surface area contributed by atoms with Crippen molar-refractivity contribution < 1.29 is 27.8 Å². The van der Waals surface area contributed by atoms with Gasteiger partial charge in [0.2, 0.25) is 5.88 Å². The minimum absolute atomic E-state index is 0.0265. The predicted octanol–water partition coefficient (Wildman–Crippen LogP) is 5.84. The molecule has 5 heterocycles. The van der Waals surface area contributed by atoms with E-state index in [4.69, 9.17) is 15.9 Å². The largest absolute Gasteiger partial charge is 0.508 e. The summed E-state index contributed by atoms with van der Waals surface area (Å²) in [5, 5.41) is 17.0. The lowest BCUT2D eigenvalue weighted by atomic mass is 9.95. The minimum atomic E-state index is -0.952. The lowest BCUT2D eigenvalue weighted by Crippen LogP contribution is -2.43. The van der Waals surface area contributed by atoms with E-state index in [-0.39, 0.29) is 69.7 Å². The zero-order chi connectivity index (χ0) is 31.3. The molecule has 0 amide bonds.